The molecule has 0 atom stereocenters. The van der Waals surface area contributed by atoms with Gasteiger partial charge in [-0.2, -0.15) is 0 Å². The summed E-state index contributed by atoms with van der Waals surface area (Å²) >= 11 is 0. The lowest BCUT2D eigenvalue weighted by Crippen LogP contribution is -2.14. The van der Waals surface area contributed by atoms with Gasteiger partial charge in [-0.15, -0.1) is 0 Å². The molecule has 21 heavy (non-hydrogen) atoms. The maximum Gasteiger partial charge on any atom is 0.411 e. The molecular weight excluding hydrogens is 274 g/mol. The van der Waals surface area contributed by atoms with E-state index in [1.807, 2.05) is 30.3 Å². The number of nitrogens with one attached hydrogen (secondary N) is 1. The quantitative estimate of drug-likeness (QED) is 0.803. The summed E-state index contributed by atoms with van der Waals surface area (Å²) in [6, 6.07) is 12.7. The van der Waals surface area contributed by atoms with E-state index in [4.69, 9.17) is 9.84 Å². The van der Waals surface area contributed by atoms with Gasteiger partial charge in [0.1, 0.15) is 12.4 Å². The molecule has 1 amide bonds. The number of anilines is 1. The van der Waals surface area contributed by atoms with E-state index >= 15 is 0 Å². The SMILES string of the molecule is O=C(Nc1cc(O)cc(C(=O)O)c1)OCc1ccccc1. The number of benzene rings is 2. The fourth-order valence-electron chi connectivity index (χ4n) is 1.68. The predicted molar refractivity (Wildman–Crippen MR) is 75.3 cm³/mol. The van der Waals surface area contributed by atoms with E-state index in [9.17, 15) is 14.7 Å². The van der Waals surface area contributed by atoms with Gasteiger partial charge in [-0.3, -0.25) is 5.32 Å². The van der Waals surface area contributed by atoms with E-state index in [-0.39, 0.29) is 23.6 Å². The van der Waals surface area contributed by atoms with Gasteiger partial charge < -0.3 is 14.9 Å². The van der Waals surface area contributed by atoms with Gasteiger partial charge in [0, 0.05) is 11.8 Å². The number of carbonyl (C=O) groups excluding carboxylic acids is 1. The lowest BCUT2D eigenvalue weighted by molar-refractivity contribution is 0.0696. The third-order valence-corrected chi connectivity index (χ3v) is 2.62. The average Bonchev–Trinajstić information content (AvgIpc) is 2.45. The predicted octanol–water partition coefficient (Wildman–Crippen LogP) is 2.84. The van der Waals surface area contributed by atoms with Crippen LogP contribution in [0, 0.1) is 0 Å². The zero-order valence-corrected chi connectivity index (χ0v) is 10.9. The number of hydrogen-bond donors (Lipinski definition) is 3. The number of carboxylic acids is 1. The number of aromatic hydroxyl groups is 1. The number of carboxylic acid groups (broad SMARTS) is 1. The second-order valence-electron chi connectivity index (χ2n) is 4.26. The van der Waals surface area contributed by atoms with Crippen LogP contribution in [0.3, 0.4) is 0 Å². The lowest BCUT2D eigenvalue weighted by Gasteiger charge is -2.08. The van der Waals surface area contributed by atoms with E-state index in [1.165, 1.54) is 12.1 Å². The highest BCUT2D eigenvalue weighted by atomic mass is 16.5. The molecule has 2 aromatic carbocycles. The zero-order chi connectivity index (χ0) is 15.2. The summed E-state index contributed by atoms with van der Waals surface area (Å²) in [5, 5.41) is 20.6. The Balaban J connectivity index is 1.98. The van der Waals surface area contributed by atoms with Crippen LogP contribution in [-0.4, -0.2) is 22.3 Å². The van der Waals surface area contributed by atoms with Crippen LogP contribution in [0.15, 0.2) is 48.5 Å². The second-order valence-corrected chi connectivity index (χ2v) is 4.26. The Morgan fingerprint density at radius 3 is 2.48 bits per heavy atom. The highest BCUT2D eigenvalue weighted by Gasteiger charge is 2.09. The first-order valence-electron chi connectivity index (χ1n) is 6.09. The molecule has 2 aromatic rings. The monoisotopic (exact) mass is 287 g/mol. The van der Waals surface area contributed by atoms with Gasteiger partial charge in [0.2, 0.25) is 0 Å². The molecule has 0 saturated carbocycles. The first kappa shape index (κ1) is 14.4. The molecule has 108 valence electrons. The Kier molecular flexibility index (Phi) is 4.40. The maximum atomic E-state index is 11.6. The molecule has 3 N–H and O–H groups in total. The van der Waals surface area contributed by atoms with Crippen molar-refractivity contribution in [1.82, 2.24) is 0 Å². The number of phenols is 1. The van der Waals surface area contributed by atoms with Gasteiger partial charge in [-0.25, -0.2) is 9.59 Å². The molecule has 6 heteroatoms. The first-order chi connectivity index (χ1) is 10.0. The van der Waals surface area contributed by atoms with E-state index in [1.54, 1.807) is 0 Å². The number of amides is 1. The number of aromatic carboxylic acids is 1. The first-order valence-corrected chi connectivity index (χ1v) is 6.09. The molecular formula is C15H13NO5. The van der Waals surface area contributed by atoms with Gasteiger partial charge in [0.25, 0.3) is 0 Å². The Bertz CT molecular complexity index is 654. The number of ether oxygens (including phenoxy) is 1. The summed E-state index contributed by atoms with van der Waals surface area (Å²) in [4.78, 5) is 22.5. The fraction of sp³-hybridized carbons (Fsp3) is 0.0667. The summed E-state index contributed by atoms with van der Waals surface area (Å²) in [5.41, 5.74) is 0.841. The van der Waals surface area contributed by atoms with Crippen molar-refractivity contribution in [3.8, 4) is 5.75 Å². The highest BCUT2D eigenvalue weighted by molar-refractivity contribution is 5.92. The Morgan fingerprint density at radius 2 is 1.81 bits per heavy atom. The summed E-state index contributed by atoms with van der Waals surface area (Å²) in [6.07, 6.45) is -0.735. The molecule has 0 spiro atoms. The van der Waals surface area contributed by atoms with Crippen molar-refractivity contribution in [3.63, 3.8) is 0 Å². The van der Waals surface area contributed by atoms with Gasteiger partial charge in [0.05, 0.1) is 5.56 Å². The van der Waals surface area contributed by atoms with Crippen LogP contribution in [-0.2, 0) is 11.3 Å². The van der Waals surface area contributed by atoms with Crippen LogP contribution in [0.1, 0.15) is 15.9 Å². The molecule has 0 bridgehead atoms. The van der Waals surface area contributed by atoms with Crippen LogP contribution < -0.4 is 5.32 Å². The van der Waals surface area contributed by atoms with Gasteiger partial charge in [0.15, 0.2) is 0 Å². The maximum absolute atomic E-state index is 11.6. The van der Waals surface area contributed by atoms with Crippen LogP contribution >= 0.6 is 0 Å². The standard InChI is InChI=1S/C15H13NO5/c17-13-7-11(14(18)19)6-12(8-13)16-15(20)21-9-10-4-2-1-3-5-10/h1-8,17H,9H2,(H,16,20)(H,18,19). The third kappa shape index (κ3) is 4.24. The Morgan fingerprint density at radius 1 is 1.10 bits per heavy atom. The zero-order valence-electron chi connectivity index (χ0n) is 10.9. The van der Waals surface area contributed by atoms with E-state index < -0.39 is 12.1 Å². The minimum absolute atomic E-state index is 0.0945. The van der Waals surface area contributed by atoms with Crippen molar-refractivity contribution in [2.45, 2.75) is 6.61 Å². The van der Waals surface area contributed by atoms with Crippen LogP contribution in [0.4, 0.5) is 10.5 Å². The Labute approximate surface area is 120 Å². The van der Waals surface area contributed by atoms with Crippen molar-refractivity contribution >= 4 is 17.7 Å². The number of rotatable bonds is 4. The van der Waals surface area contributed by atoms with Crippen molar-refractivity contribution in [3.05, 3.63) is 59.7 Å². The van der Waals surface area contributed by atoms with Crippen molar-refractivity contribution in [2.75, 3.05) is 5.32 Å². The molecule has 2 rings (SSSR count). The smallest absolute Gasteiger partial charge is 0.411 e. The summed E-state index contributed by atoms with van der Waals surface area (Å²) in [5.74, 6) is -1.46. The molecule has 6 nitrogen and oxygen atoms in total. The van der Waals surface area contributed by atoms with Gasteiger partial charge in [-0.1, -0.05) is 30.3 Å². The van der Waals surface area contributed by atoms with E-state index in [0.29, 0.717) is 0 Å². The van der Waals surface area contributed by atoms with Crippen molar-refractivity contribution in [1.29, 1.82) is 0 Å². The topological polar surface area (TPSA) is 95.9 Å². The molecule has 0 fully saturated rings. The average molecular weight is 287 g/mol. The van der Waals surface area contributed by atoms with Crippen molar-refractivity contribution in [2.24, 2.45) is 0 Å². The minimum atomic E-state index is -1.20. The van der Waals surface area contributed by atoms with Gasteiger partial charge >= 0.3 is 12.1 Å². The normalized spacial score (nSPS) is 9.90. The van der Waals surface area contributed by atoms with Crippen LogP contribution in [0.2, 0.25) is 0 Å². The molecule has 0 aliphatic rings. The Hall–Kier alpha value is -3.02. The number of carbonyl (C=O) groups is 2. The van der Waals surface area contributed by atoms with E-state index in [0.717, 1.165) is 11.6 Å². The van der Waals surface area contributed by atoms with Crippen LogP contribution in [0.25, 0.3) is 0 Å². The fourth-order valence-corrected chi connectivity index (χ4v) is 1.68. The molecule has 0 aliphatic carbocycles. The molecule has 0 unspecified atom stereocenters. The number of hydrogen-bond acceptors (Lipinski definition) is 4. The largest absolute Gasteiger partial charge is 0.508 e. The highest BCUT2D eigenvalue weighted by Crippen LogP contribution is 2.20. The number of phenolic OH excluding ortho intramolecular Hbond substituents is 1. The summed E-state index contributed by atoms with van der Waals surface area (Å²) in [6.45, 7) is 0.0945. The molecule has 0 aliphatic heterocycles. The minimum Gasteiger partial charge on any atom is -0.508 e. The van der Waals surface area contributed by atoms with Crippen LogP contribution in [0.5, 0.6) is 5.75 Å². The molecule has 0 aromatic heterocycles. The second kappa shape index (κ2) is 6.42. The van der Waals surface area contributed by atoms with Crippen molar-refractivity contribution < 1.29 is 24.5 Å². The molecule has 0 heterocycles. The summed E-state index contributed by atoms with van der Waals surface area (Å²) in [7, 11) is 0. The van der Waals surface area contributed by atoms with E-state index in [2.05, 4.69) is 5.32 Å². The lowest BCUT2D eigenvalue weighted by atomic mass is 10.2. The van der Waals surface area contributed by atoms with Gasteiger partial charge in [-0.05, 0) is 17.7 Å². The third-order valence-electron chi connectivity index (χ3n) is 2.62. The summed E-state index contributed by atoms with van der Waals surface area (Å²) < 4.78 is 4.99. The molecule has 0 saturated heterocycles. The molecule has 0 radical (unpaired) electrons.